The van der Waals surface area contributed by atoms with Crippen molar-refractivity contribution in [3.63, 3.8) is 0 Å². The zero-order valence-corrected chi connectivity index (χ0v) is 26.0. The van der Waals surface area contributed by atoms with Gasteiger partial charge in [0.2, 0.25) is 0 Å². The third-order valence-corrected chi connectivity index (χ3v) is 8.71. The molecule has 12 heteroatoms. The van der Waals surface area contributed by atoms with Gasteiger partial charge in [0.25, 0.3) is 11.8 Å². The molecule has 0 aromatic heterocycles. The summed E-state index contributed by atoms with van der Waals surface area (Å²) >= 11 is 0. The second-order valence-corrected chi connectivity index (χ2v) is 11.3. The fourth-order valence-electron chi connectivity index (χ4n) is 6.23. The van der Waals surface area contributed by atoms with E-state index in [0.717, 1.165) is 13.1 Å². The molecule has 9 nitrogen and oxygen atoms in total. The molecule has 3 aromatic rings. The van der Waals surface area contributed by atoms with Crippen LogP contribution in [0.1, 0.15) is 63.7 Å². The van der Waals surface area contributed by atoms with Gasteiger partial charge in [0.05, 0.1) is 37.1 Å². The number of halogens is 3. The number of piperazine rings is 1. The van der Waals surface area contributed by atoms with Gasteiger partial charge in [0.15, 0.2) is 11.5 Å². The molecule has 3 amide bonds. The van der Waals surface area contributed by atoms with E-state index in [1.807, 2.05) is 29.6 Å². The van der Waals surface area contributed by atoms with Crippen LogP contribution in [0.25, 0.3) is 0 Å². The summed E-state index contributed by atoms with van der Waals surface area (Å²) in [5, 5.41) is 1.87. The minimum absolute atomic E-state index is 0.0721. The highest BCUT2D eigenvalue weighted by molar-refractivity contribution is 6.24. The quantitative estimate of drug-likeness (QED) is 0.223. The highest BCUT2D eigenvalue weighted by Crippen LogP contribution is 2.40. The predicted molar refractivity (Wildman–Crippen MR) is 166 cm³/mol. The highest BCUT2D eigenvalue weighted by atomic mass is 19.4. The topological polar surface area (TPSA) is 91.4 Å². The third kappa shape index (κ3) is 6.67. The van der Waals surface area contributed by atoms with E-state index in [2.05, 4.69) is 28.9 Å². The second kappa shape index (κ2) is 13.8. The average Bonchev–Trinajstić information content (AvgIpc) is 3.33. The summed E-state index contributed by atoms with van der Waals surface area (Å²) in [6.45, 7) is 4.74. The minimum Gasteiger partial charge on any atom is -0.493 e. The van der Waals surface area contributed by atoms with Crippen LogP contribution < -0.4 is 19.7 Å². The number of benzene rings is 3. The van der Waals surface area contributed by atoms with E-state index in [-0.39, 0.29) is 31.0 Å². The Morgan fingerprint density at radius 2 is 1.57 bits per heavy atom. The molecule has 0 unspecified atom stereocenters. The lowest BCUT2D eigenvalue weighted by molar-refractivity contribution is -0.173. The average molecular weight is 639 g/mol. The Bertz CT molecular complexity index is 1570. The number of anilines is 1. The number of hydrogen-bond acceptors (Lipinski definition) is 7. The SMILES string of the molecule is COc1ccc([C@@H](CCCNC(=O)C(F)(F)F)N2C(=O)c3cccc(N4CCN([C@H](C)c5ccccc5)CC4)c3C2=O)cc1OC. The fraction of sp³-hybridized carbons (Fsp3) is 0.382. The Kier molecular flexibility index (Phi) is 9.85. The van der Waals surface area contributed by atoms with E-state index >= 15 is 0 Å². The van der Waals surface area contributed by atoms with Crippen molar-refractivity contribution >= 4 is 23.4 Å². The maximum atomic E-state index is 14.2. The number of imide groups is 1. The number of carbonyl (C=O) groups is 3. The van der Waals surface area contributed by atoms with Gasteiger partial charge in [-0.2, -0.15) is 13.2 Å². The van der Waals surface area contributed by atoms with Crippen molar-refractivity contribution in [1.29, 1.82) is 0 Å². The molecule has 3 aromatic carbocycles. The molecular weight excluding hydrogens is 601 g/mol. The predicted octanol–water partition coefficient (Wildman–Crippen LogP) is 5.38. The van der Waals surface area contributed by atoms with Gasteiger partial charge in [-0.25, -0.2) is 0 Å². The van der Waals surface area contributed by atoms with E-state index in [1.165, 1.54) is 24.7 Å². The first kappa shape index (κ1) is 32.8. The molecule has 1 fully saturated rings. The number of ether oxygens (including phenoxy) is 2. The third-order valence-electron chi connectivity index (χ3n) is 8.71. The standard InChI is InChI=1S/C34H37F3N4O5/c1-22(23-9-5-4-6-10-23)39-17-19-40(20-18-39)27-12-7-11-25-30(27)32(43)41(31(25)42)26(13-8-16-38-33(44)34(35,36)37)24-14-15-28(45-2)29(21-24)46-3/h4-7,9-12,14-15,21-22,26H,8,13,16-20H2,1-3H3,(H,38,44)/t22-,26-/m1/s1. The van der Waals surface area contributed by atoms with Crippen LogP contribution in [0.4, 0.5) is 18.9 Å². The Labute approximate surface area is 265 Å². The fourth-order valence-corrected chi connectivity index (χ4v) is 6.23. The Balaban J connectivity index is 1.39. The number of rotatable bonds is 11. The normalized spacial score (nSPS) is 16.7. The Morgan fingerprint density at radius 3 is 2.22 bits per heavy atom. The first-order chi connectivity index (χ1) is 22.0. The van der Waals surface area contributed by atoms with Gasteiger partial charge in [-0.05, 0) is 55.2 Å². The van der Waals surface area contributed by atoms with Crippen LogP contribution >= 0.6 is 0 Å². The van der Waals surface area contributed by atoms with Crippen molar-refractivity contribution in [2.75, 3.05) is 51.8 Å². The molecule has 0 spiro atoms. The zero-order chi connectivity index (χ0) is 33.0. The molecule has 2 atom stereocenters. The van der Waals surface area contributed by atoms with Crippen molar-refractivity contribution in [3.05, 3.63) is 89.0 Å². The molecule has 0 saturated carbocycles. The van der Waals surface area contributed by atoms with Gasteiger partial charge in [-0.3, -0.25) is 24.2 Å². The number of carbonyl (C=O) groups excluding carboxylic acids is 3. The lowest BCUT2D eigenvalue weighted by Crippen LogP contribution is -2.47. The van der Waals surface area contributed by atoms with Crippen molar-refractivity contribution in [3.8, 4) is 11.5 Å². The van der Waals surface area contributed by atoms with E-state index in [4.69, 9.17) is 9.47 Å². The molecule has 1 N–H and O–H groups in total. The van der Waals surface area contributed by atoms with Crippen LogP contribution in [0.15, 0.2) is 66.7 Å². The summed E-state index contributed by atoms with van der Waals surface area (Å²) in [6.07, 6.45) is -4.83. The first-order valence-corrected chi connectivity index (χ1v) is 15.2. The maximum absolute atomic E-state index is 14.2. The van der Waals surface area contributed by atoms with Gasteiger partial charge < -0.3 is 19.7 Å². The Morgan fingerprint density at radius 1 is 0.870 bits per heavy atom. The van der Waals surface area contributed by atoms with Gasteiger partial charge in [0, 0.05) is 38.8 Å². The van der Waals surface area contributed by atoms with Crippen molar-refractivity contribution in [2.45, 2.75) is 38.0 Å². The van der Waals surface area contributed by atoms with E-state index in [1.54, 1.807) is 30.3 Å². The van der Waals surface area contributed by atoms with E-state index < -0.39 is 29.9 Å². The van der Waals surface area contributed by atoms with Gasteiger partial charge in [-0.15, -0.1) is 0 Å². The van der Waals surface area contributed by atoms with Crippen LogP contribution in [0.3, 0.4) is 0 Å². The summed E-state index contributed by atoms with van der Waals surface area (Å²) in [5.41, 5.74) is 3.03. The molecule has 1 saturated heterocycles. The second-order valence-electron chi connectivity index (χ2n) is 11.3. The van der Waals surface area contributed by atoms with Crippen LogP contribution in [0, 0.1) is 0 Å². The molecule has 0 bridgehead atoms. The zero-order valence-electron chi connectivity index (χ0n) is 26.0. The summed E-state index contributed by atoms with van der Waals surface area (Å²) in [4.78, 5) is 45.2. The minimum atomic E-state index is -5.01. The summed E-state index contributed by atoms with van der Waals surface area (Å²) < 4.78 is 49.0. The lowest BCUT2D eigenvalue weighted by atomic mass is 9.99. The van der Waals surface area contributed by atoms with E-state index in [0.29, 0.717) is 41.4 Å². The van der Waals surface area contributed by atoms with E-state index in [9.17, 15) is 27.6 Å². The van der Waals surface area contributed by atoms with Crippen LogP contribution in [0.5, 0.6) is 11.5 Å². The molecule has 5 rings (SSSR count). The number of nitrogens with one attached hydrogen (secondary N) is 1. The summed E-state index contributed by atoms with van der Waals surface area (Å²) in [6, 6.07) is 19.9. The number of alkyl halides is 3. The highest BCUT2D eigenvalue weighted by Gasteiger charge is 2.43. The van der Waals surface area contributed by atoms with Gasteiger partial charge in [-0.1, -0.05) is 42.5 Å². The molecule has 2 aliphatic heterocycles. The molecule has 244 valence electrons. The largest absolute Gasteiger partial charge is 0.493 e. The number of hydrogen-bond donors (Lipinski definition) is 1. The molecule has 2 heterocycles. The first-order valence-electron chi connectivity index (χ1n) is 15.2. The van der Waals surface area contributed by atoms with Crippen LogP contribution in [-0.2, 0) is 4.79 Å². The smallest absolute Gasteiger partial charge is 0.471 e. The number of methoxy groups -OCH3 is 2. The molecular formula is C34H37F3N4O5. The molecule has 46 heavy (non-hydrogen) atoms. The summed E-state index contributed by atoms with van der Waals surface area (Å²) in [5.74, 6) is -2.20. The molecule has 0 aliphatic carbocycles. The number of nitrogens with zero attached hydrogens (tertiary/aromatic N) is 3. The van der Waals surface area contributed by atoms with Crippen LogP contribution in [-0.4, -0.2) is 80.6 Å². The van der Waals surface area contributed by atoms with Crippen molar-refractivity contribution < 1.29 is 37.0 Å². The lowest BCUT2D eigenvalue weighted by Gasteiger charge is -2.39. The maximum Gasteiger partial charge on any atom is 0.471 e. The summed E-state index contributed by atoms with van der Waals surface area (Å²) in [7, 11) is 2.93. The van der Waals surface area contributed by atoms with Gasteiger partial charge >= 0.3 is 12.1 Å². The monoisotopic (exact) mass is 638 g/mol. The van der Waals surface area contributed by atoms with Crippen molar-refractivity contribution in [1.82, 2.24) is 15.1 Å². The number of fused-ring (bicyclic) bond motifs is 1. The van der Waals surface area contributed by atoms with Crippen molar-refractivity contribution in [2.24, 2.45) is 0 Å². The molecule has 0 radical (unpaired) electrons. The van der Waals surface area contributed by atoms with Crippen LogP contribution in [0.2, 0.25) is 0 Å². The van der Waals surface area contributed by atoms with Gasteiger partial charge in [0.1, 0.15) is 0 Å². The molecule has 2 aliphatic rings. The number of amides is 3. The Hall–Kier alpha value is -4.58.